The quantitative estimate of drug-likeness (QED) is 0.499. The first-order valence-corrected chi connectivity index (χ1v) is 10.2. The van der Waals surface area contributed by atoms with Crippen molar-refractivity contribution in [1.82, 2.24) is 4.90 Å². The lowest BCUT2D eigenvalue weighted by Gasteiger charge is -2.35. The second-order valence-electron chi connectivity index (χ2n) is 10.2. The first kappa shape index (κ1) is 24.4. The van der Waals surface area contributed by atoms with E-state index in [1.807, 2.05) is 0 Å². The molecule has 0 aliphatic carbocycles. The highest BCUT2D eigenvalue weighted by Gasteiger charge is 2.57. The van der Waals surface area contributed by atoms with Crippen molar-refractivity contribution in [2.45, 2.75) is 97.0 Å². The van der Waals surface area contributed by atoms with E-state index in [-0.39, 0.29) is 13.0 Å². The van der Waals surface area contributed by atoms with Crippen LogP contribution in [0.25, 0.3) is 0 Å². The lowest BCUT2D eigenvalue weighted by atomic mass is 9.95. The van der Waals surface area contributed by atoms with Gasteiger partial charge in [0.1, 0.15) is 23.3 Å². The number of carbonyl (C=O) groups is 3. The lowest BCUT2D eigenvalue weighted by Crippen LogP contribution is -2.54. The van der Waals surface area contributed by atoms with Gasteiger partial charge in [-0.15, -0.1) is 0 Å². The van der Waals surface area contributed by atoms with Gasteiger partial charge in [-0.2, -0.15) is 0 Å². The number of nitrogens with zero attached hydrogens (tertiary/aromatic N) is 1. The van der Waals surface area contributed by atoms with E-state index in [0.29, 0.717) is 0 Å². The van der Waals surface area contributed by atoms with Gasteiger partial charge in [-0.05, 0) is 61.8 Å². The Kier molecular flexibility index (Phi) is 6.78. The maximum absolute atomic E-state index is 13.2. The zero-order chi connectivity index (χ0) is 23.1. The Morgan fingerprint density at radius 1 is 0.967 bits per heavy atom. The highest BCUT2D eigenvalue weighted by molar-refractivity contribution is 5.86. The van der Waals surface area contributed by atoms with Gasteiger partial charge >= 0.3 is 18.0 Å². The second-order valence-corrected chi connectivity index (χ2v) is 10.2. The minimum absolute atomic E-state index is 0.0474. The summed E-state index contributed by atoms with van der Waals surface area (Å²) in [5, 5.41) is 0. The van der Waals surface area contributed by atoms with Crippen molar-refractivity contribution >= 4 is 18.0 Å². The number of amides is 1. The Hall–Kier alpha value is -1.87. The Labute approximate surface area is 178 Å². The molecule has 0 saturated carbocycles. The maximum Gasteiger partial charge on any atom is 0.411 e. The smallest absolute Gasteiger partial charge is 0.411 e. The molecule has 0 spiro atoms. The summed E-state index contributed by atoms with van der Waals surface area (Å²) < 4.78 is 27.7. The predicted octanol–water partition coefficient (Wildman–Crippen LogP) is 2.65. The van der Waals surface area contributed by atoms with Crippen molar-refractivity contribution in [1.29, 1.82) is 0 Å². The Morgan fingerprint density at radius 2 is 1.53 bits per heavy atom. The molecule has 1 amide bonds. The molecule has 0 radical (unpaired) electrons. The van der Waals surface area contributed by atoms with Crippen LogP contribution < -0.4 is 0 Å². The van der Waals surface area contributed by atoms with Crippen molar-refractivity contribution in [3.05, 3.63) is 0 Å². The summed E-state index contributed by atoms with van der Waals surface area (Å²) in [6, 6.07) is -1.81. The maximum atomic E-state index is 13.2. The predicted molar refractivity (Wildman–Crippen MR) is 107 cm³/mol. The van der Waals surface area contributed by atoms with Crippen molar-refractivity contribution in [2.75, 3.05) is 13.7 Å². The van der Waals surface area contributed by atoms with Gasteiger partial charge in [0.05, 0.1) is 25.7 Å². The number of likely N-dealkylation sites (tertiary alicyclic amines) is 1. The number of hydrogen-bond acceptors (Lipinski definition) is 8. The molecule has 0 N–H and O–H groups in total. The van der Waals surface area contributed by atoms with Crippen LogP contribution >= 0.6 is 0 Å². The highest BCUT2D eigenvalue weighted by atomic mass is 16.7. The van der Waals surface area contributed by atoms with Crippen LogP contribution in [0.4, 0.5) is 4.79 Å². The van der Waals surface area contributed by atoms with Gasteiger partial charge in [-0.1, -0.05) is 0 Å². The van der Waals surface area contributed by atoms with Gasteiger partial charge in [-0.3, -0.25) is 9.69 Å². The molecule has 2 aliphatic heterocycles. The molecule has 2 heterocycles. The van der Waals surface area contributed by atoms with Crippen molar-refractivity contribution in [3.8, 4) is 0 Å². The van der Waals surface area contributed by atoms with Crippen LogP contribution in [0.3, 0.4) is 0 Å². The number of esters is 2. The van der Waals surface area contributed by atoms with E-state index in [0.717, 1.165) is 0 Å². The minimum Gasteiger partial charge on any atom is -0.469 e. The summed E-state index contributed by atoms with van der Waals surface area (Å²) in [6.07, 6.45) is -1.31. The monoisotopic (exact) mass is 429 g/mol. The average Bonchev–Trinajstić information content (AvgIpc) is 3.11. The second kappa shape index (κ2) is 8.34. The number of ether oxygens (including phenoxy) is 5. The zero-order valence-corrected chi connectivity index (χ0v) is 19.4. The first-order valence-electron chi connectivity index (χ1n) is 10.2. The third-order valence-corrected chi connectivity index (χ3v) is 4.74. The normalized spacial score (nSPS) is 28.9. The number of methoxy groups -OCH3 is 1. The minimum atomic E-state index is -1.01. The molecule has 0 aromatic rings. The van der Waals surface area contributed by atoms with Crippen molar-refractivity contribution in [3.63, 3.8) is 0 Å². The van der Waals surface area contributed by atoms with Gasteiger partial charge in [-0.25, -0.2) is 9.59 Å². The van der Waals surface area contributed by atoms with E-state index in [4.69, 9.17) is 23.7 Å². The van der Waals surface area contributed by atoms with E-state index in [1.165, 1.54) is 12.0 Å². The van der Waals surface area contributed by atoms with Gasteiger partial charge in [0.15, 0.2) is 5.79 Å². The first-order chi connectivity index (χ1) is 13.5. The molecule has 172 valence electrons. The van der Waals surface area contributed by atoms with Crippen molar-refractivity contribution in [2.24, 2.45) is 5.92 Å². The van der Waals surface area contributed by atoms with Crippen LogP contribution in [0.15, 0.2) is 0 Å². The Morgan fingerprint density at radius 3 is 1.97 bits per heavy atom. The fourth-order valence-electron chi connectivity index (χ4n) is 3.75. The Balaban J connectivity index is 2.46. The third-order valence-electron chi connectivity index (χ3n) is 4.74. The Bertz CT molecular complexity index is 675. The molecule has 2 rings (SSSR count). The zero-order valence-electron chi connectivity index (χ0n) is 19.4. The lowest BCUT2D eigenvalue weighted by molar-refractivity contribution is -0.163. The SMILES string of the molecule is COC(=O)[C@H]1C[C@@H](C(=O)OC(C)(C)C)N(C(=O)OC(C)(C)C)[C@H]1[C@H]1COC(C)(C)O1. The highest BCUT2D eigenvalue weighted by Crippen LogP contribution is 2.39. The summed E-state index contributed by atoms with van der Waals surface area (Å²) in [4.78, 5) is 40.0. The molecule has 0 aromatic carbocycles. The van der Waals surface area contributed by atoms with E-state index in [9.17, 15) is 14.4 Å². The van der Waals surface area contributed by atoms with E-state index < -0.39 is 59.1 Å². The van der Waals surface area contributed by atoms with E-state index in [2.05, 4.69) is 0 Å². The summed E-state index contributed by atoms with van der Waals surface area (Å²) in [5.41, 5.74) is -1.56. The van der Waals surface area contributed by atoms with Crippen LogP contribution in [0, 0.1) is 5.92 Å². The molecule has 2 fully saturated rings. The van der Waals surface area contributed by atoms with Crippen LogP contribution in [-0.4, -0.2) is 71.8 Å². The third kappa shape index (κ3) is 5.85. The van der Waals surface area contributed by atoms with Crippen molar-refractivity contribution < 1.29 is 38.1 Å². The van der Waals surface area contributed by atoms with Crippen LogP contribution in [0.1, 0.15) is 61.8 Å². The number of hydrogen-bond donors (Lipinski definition) is 0. The van der Waals surface area contributed by atoms with Gasteiger partial charge in [0.2, 0.25) is 0 Å². The molecule has 0 aromatic heterocycles. The van der Waals surface area contributed by atoms with E-state index in [1.54, 1.807) is 55.4 Å². The van der Waals surface area contributed by atoms with Crippen LogP contribution in [0.2, 0.25) is 0 Å². The molecule has 0 unspecified atom stereocenters. The molecule has 9 heteroatoms. The van der Waals surface area contributed by atoms with E-state index >= 15 is 0 Å². The van der Waals surface area contributed by atoms with Gasteiger partial charge < -0.3 is 23.7 Å². The summed E-state index contributed by atoms with van der Waals surface area (Å²) >= 11 is 0. The number of carbonyl (C=O) groups excluding carboxylic acids is 3. The molecular formula is C21H35NO8. The standard InChI is InChI=1S/C21H35NO8/c1-19(2,3)29-17(24)13-10-12(16(23)26-9)15(14-11-27-21(7,8)28-14)22(13)18(25)30-20(4,5)6/h12-15H,10-11H2,1-9H3/t12-,13-,14+,15+/m0/s1. The fraction of sp³-hybridized carbons (Fsp3) is 0.857. The summed E-state index contributed by atoms with van der Waals surface area (Å²) in [5.74, 6) is -2.81. The van der Waals surface area contributed by atoms with Gasteiger partial charge in [0, 0.05) is 0 Å². The molecular weight excluding hydrogens is 394 g/mol. The van der Waals surface area contributed by atoms with Gasteiger partial charge in [0.25, 0.3) is 0 Å². The molecule has 4 atom stereocenters. The average molecular weight is 430 g/mol. The molecule has 2 saturated heterocycles. The van der Waals surface area contributed by atoms with Crippen LogP contribution in [-0.2, 0) is 33.3 Å². The van der Waals surface area contributed by atoms with Crippen LogP contribution in [0.5, 0.6) is 0 Å². The summed E-state index contributed by atoms with van der Waals surface area (Å²) in [7, 11) is 1.27. The topological polar surface area (TPSA) is 101 Å². The molecule has 30 heavy (non-hydrogen) atoms. The molecule has 9 nitrogen and oxygen atoms in total. The largest absolute Gasteiger partial charge is 0.469 e. The molecule has 0 bridgehead atoms. The molecule has 2 aliphatic rings. The summed E-state index contributed by atoms with van der Waals surface area (Å²) in [6.45, 7) is 14.1. The fourth-order valence-corrected chi connectivity index (χ4v) is 3.75. The number of rotatable bonds is 3.